The Morgan fingerprint density at radius 2 is 2.27 bits per heavy atom. The molecular weight excluding hydrogens is 265 g/mol. The highest BCUT2D eigenvalue weighted by Crippen LogP contribution is 2.21. The Kier molecular flexibility index (Phi) is 4.42. The lowest BCUT2D eigenvalue weighted by atomic mass is 10.1. The highest BCUT2D eigenvalue weighted by atomic mass is 79.9. The first kappa shape index (κ1) is 11.8. The van der Waals surface area contributed by atoms with Crippen LogP contribution in [-0.4, -0.2) is 10.3 Å². The second kappa shape index (κ2) is 5.60. The number of nitro benzene ring substituents is 1. The van der Waals surface area contributed by atoms with Gasteiger partial charge in [-0.15, -0.1) is 0 Å². The number of hydrogen-bond donors (Lipinski definition) is 0. The molecule has 3 nitrogen and oxygen atoms in total. The van der Waals surface area contributed by atoms with Crippen molar-refractivity contribution < 1.29 is 9.31 Å². The Balaban J connectivity index is 3.02. The molecule has 5 heteroatoms. The van der Waals surface area contributed by atoms with Gasteiger partial charge in [-0.3, -0.25) is 10.1 Å². The van der Waals surface area contributed by atoms with Crippen molar-refractivity contribution in [3.05, 3.63) is 45.8 Å². The van der Waals surface area contributed by atoms with Gasteiger partial charge in [0.2, 0.25) is 0 Å². The quantitative estimate of drug-likeness (QED) is 0.479. The van der Waals surface area contributed by atoms with Crippen LogP contribution < -0.4 is 0 Å². The Labute approximate surface area is 94.9 Å². The maximum Gasteiger partial charge on any atom is 0.276 e. The number of halogens is 2. The molecule has 0 fully saturated rings. The molecule has 0 aliphatic heterocycles. The summed E-state index contributed by atoms with van der Waals surface area (Å²) in [4.78, 5) is 10.1. The Hall–Kier alpha value is -1.23. The fraction of sp³-hybridized carbons (Fsp3) is 0.200. The Morgan fingerprint density at radius 1 is 1.53 bits per heavy atom. The highest BCUT2D eigenvalue weighted by molar-refractivity contribution is 9.09. The van der Waals surface area contributed by atoms with E-state index in [1.54, 1.807) is 12.2 Å². The summed E-state index contributed by atoms with van der Waals surface area (Å²) < 4.78 is 12.9. The summed E-state index contributed by atoms with van der Waals surface area (Å²) in [5, 5.41) is 11.4. The molecule has 0 heterocycles. The molecule has 0 N–H and O–H groups in total. The predicted molar refractivity (Wildman–Crippen MR) is 60.5 cm³/mol. The minimum atomic E-state index is -0.521. The summed E-state index contributed by atoms with van der Waals surface area (Å²) in [7, 11) is 0. The van der Waals surface area contributed by atoms with E-state index in [9.17, 15) is 14.5 Å². The van der Waals surface area contributed by atoms with Crippen LogP contribution in [0.25, 0.3) is 6.08 Å². The van der Waals surface area contributed by atoms with Crippen LogP contribution in [0.1, 0.15) is 12.0 Å². The van der Waals surface area contributed by atoms with E-state index < -0.39 is 10.7 Å². The van der Waals surface area contributed by atoms with Crippen LogP contribution in [0.2, 0.25) is 0 Å². The SMILES string of the molecule is O=[N+]([O-])c1ccc(F)cc1C=CCCBr. The molecule has 80 valence electrons. The largest absolute Gasteiger partial charge is 0.276 e. The van der Waals surface area contributed by atoms with Gasteiger partial charge in [0.15, 0.2) is 0 Å². The van der Waals surface area contributed by atoms with Crippen LogP contribution in [0.4, 0.5) is 10.1 Å². The zero-order valence-electron chi connectivity index (χ0n) is 7.82. The van der Waals surface area contributed by atoms with Crippen LogP contribution in [0.3, 0.4) is 0 Å². The molecule has 0 aromatic heterocycles. The molecule has 0 saturated heterocycles. The van der Waals surface area contributed by atoms with Gasteiger partial charge in [0.1, 0.15) is 5.82 Å². The summed E-state index contributed by atoms with van der Waals surface area (Å²) in [6, 6.07) is 3.41. The monoisotopic (exact) mass is 273 g/mol. The van der Waals surface area contributed by atoms with Crippen LogP contribution in [0.15, 0.2) is 24.3 Å². The van der Waals surface area contributed by atoms with Gasteiger partial charge in [-0.25, -0.2) is 4.39 Å². The smallest absolute Gasteiger partial charge is 0.258 e. The number of nitrogens with zero attached hydrogens (tertiary/aromatic N) is 1. The van der Waals surface area contributed by atoms with Crippen molar-refractivity contribution >= 4 is 27.7 Å². The third kappa shape index (κ3) is 3.43. The topological polar surface area (TPSA) is 43.1 Å². The molecule has 0 radical (unpaired) electrons. The van der Waals surface area contributed by atoms with Crippen molar-refractivity contribution in [2.45, 2.75) is 6.42 Å². The first-order valence-corrected chi connectivity index (χ1v) is 5.43. The molecule has 0 saturated carbocycles. The predicted octanol–water partition coefficient (Wildman–Crippen LogP) is 3.53. The standard InChI is InChI=1S/C10H9BrFNO2/c11-6-2-1-3-8-7-9(12)4-5-10(8)13(14)15/h1,3-5,7H,2,6H2. The lowest BCUT2D eigenvalue weighted by molar-refractivity contribution is -0.385. The molecule has 1 aromatic carbocycles. The molecule has 1 rings (SSSR count). The van der Waals surface area contributed by atoms with Gasteiger partial charge in [0, 0.05) is 11.4 Å². The third-order valence-electron chi connectivity index (χ3n) is 1.76. The van der Waals surface area contributed by atoms with Crippen LogP contribution in [0.5, 0.6) is 0 Å². The molecule has 0 bridgehead atoms. The maximum atomic E-state index is 12.9. The van der Waals surface area contributed by atoms with Gasteiger partial charge in [0.25, 0.3) is 5.69 Å². The number of nitro groups is 1. The fourth-order valence-corrected chi connectivity index (χ4v) is 1.36. The van der Waals surface area contributed by atoms with Gasteiger partial charge in [-0.1, -0.05) is 28.1 Å². The molecule has 15 heavy (non-hydrogen) atoms. The third-order valence-corrected chi connectivity index (χ3v) is 2.22. The first-order valence-electron chi connectivity index (χ1n) is 4.31. The number of allylic oxidation sites excluding steroid dienone is 1. The van der Waals surface area contributed by atoms with Crippen molar-refractivity contribution in [3.8, 4) is 0 Å². The lowest BCUT2D eigenvalue weighted by Gasteiger charge is -1.97. The summed E-state index contributed by atoms with van der Waals surface area (Å²) in [5.41, 5.74) is 0.211. The van der Waals surface area contributed by atoms with E-state index in [0.717, 1.165) is 23.9 Å². The van der Waals surface area contributed by atoms with E-state index in [4.69, 9.17) is 0 Å². The lowest BCUT2D eigenvalue weighted by Crippen LogP contribution is -1.92. The molecule has 0 spiro atoms. The van der Waals surface area contributed by atoms with E-state index in [1.165, 1.54) is 6.07 Å². The van der Waals surface area contributed by atoms with Crippen molar-refractivity contribution in [3.63, 3.8) is 0 Å². The van der Waals surface area contributed by atoms with E-state index in [-0.39, 0.29) is 5.69 Å². The molecule has 0 amide bonds. The average molecular weight is 274 g/mol. The number of benzene rings is 1. The van der Waals surface area contributed by atoms with Crippen molar-refractivity contribution in [1.82, 2.24) is 0 Å². The van der Waals surface area contributed by atoms with Gasteiger partial charge < -0.3 is 0 Å². The van der Waals surface area contributed by atoms with Gasteiger partial charge in [-0.05, 0) is 18.6 Å². The van der Waals surface area contributed by atoms with Crippen molar-refractivity contribution in [2.75, 3.05) is 5.33 Å². The summed E-state index contributed by atoms with van der Waals surface area (Å²) in [5.74, 6) is -0.473. The zero-order chi connectivity index (χ0) is 11.3. The normalized spacial score (nSPS) is 10.8. The van der Waals surface area contributed by atoms with Crippen molar-refractivity contribution in [2.24, 2.45) is 0 Å². The van der Waals surface area contributed by atoms with E-state index in [1.807, 2.05) is 0 Å². The van der Waals surface area contributed by atoms with Gasteiger partial charge >= 0.3 is 0 Å². The Bertz CT molecular complexity index is 393. The van der Waals surface area contributed by atoms with E-state index >= 15 is 0 Å². The molecule has 0 aliphatic carbocycles. The minimum absolute atomic E-state index is 0.0813. The van der Waals surface area contributed by atoms with Crippen molar-refractivity contribution in [1.29, 1.82) is 0 Å². The summed E-state index contributed by atoms with van der Waals surface area (Å²) in [6.45, 7) is 0. The molecule has 0 atom stereocenters. The Morgan fingerprint density at radius 3 is 2.87 bits per heavy atom. The molecular formula is C10H9BrFNO2. The molecule has 1 aromatic rings. The van der Waals surface area contributed by atoms with Crippen LogP contribution in [0, 0.1) is 15.9 Å². The molecule has 0 unspecified atom stereocenters. The van der Waals surface area contributed by atoms with Gasteiger partial charge in [-0.2, -0.15) is 0 Å². The van der Waals surface area contributed by atoms with Crippen LogP contribution in [-0.2, 0) is 0 Å². The number of rotatable bonds is 4. The highest BCUT2D eigenvalue weighted by Gasteiger charge is 2.11. The average Bonchev–Trinajstić information content (AvgIpc) is 2.18. The minimum Gasteiger partial charge on any atom is -0.258 e. The van der Waals surface area contributed by atoms with E-state index in [2.05, 4.69) is 15.9 Å². The summed E-state index contributed by atoms with van der Waals surface area (Å²) in [6.07, 6.45) is 4.06. The maximum absolute atomic E-state index is 12.9. The second-order valence-corrected chi connectivity index (χ2v) is 3.63. The molecule has 0 aliphatic rings. The van der Waals surface area contributed by atoms with E-state index in [0.29, 0.717) is 5.56 Å². The van der Waals surface area contributed by atoms with Crippen LogP contribution >= 0.6 is 15.9 Å². The summed E-state index contributed by atoms with van der Waals surface area (Å²) >= 11 is 3.23. The first-order chi connectivity index (χ1) is 7.15. The fourth-order valence-electron chi connectivity index (χ4n) is 1.10. The zero-order valence-corrected chi connectivity index (χ0v) is 9.41. The van der Waals surface area contributed by atoms with Gasteiger partial charge in [0.05, 0.1) is 10.5 Å². The number of alkyl halides is 1. The second-order valence-electron chi connectivity index (χ2n) is 2.84. The number of hydrogen-bond acceptors (Lipinski definition) is 2.